The van der Waals surface area contributed by atoms with Crippen LogP contribution in [0.1, 0.15) is 35.6 Å². The molecule has 2 amide bonds. The Morgan fingerprint density at radius 1 is 1.13 bits per heavy atom. The van der Waals surface area contributed by atoms with E-state index in [2.05, 4.69) is 5.32 Å². The van der Waals surface area contributed by atoms with Gasteiger partial charge >= 0.3 is 6.03 Å². The summed E-state index contributed by atoms with van der Waals surface area (Å²) in [5, 5.41) is 2.98. The van der Waals surface area contributed by atoms with E-state index in [0.29, 0.717) is 0 Å². The highest BCUT2D eigenvalue weighted by Gasteiger charge is 2.30. The van der Waals surface area contributed by atoms with Crippen molar-refractivity contribution in [3.8, 4) is 0 Å². The van der Waals surface area contributed by atoms with Gasteiger partial charge < -0.3 is 10.2 Å². The predicted molar refractivity (Wildman–Crippen MR) is 90.0 cm³/mol. The Labute approximate surface area is 136 Å². The molecule has 1 aliphatic rings. The number of rotatable bonds is 2. The van der Waals surface area contributed by atoms with Crippen molar-refractivity contribution in [3.63, 3.8) is 0 Å². The molecule has 0 aliphatic carbocycles. The Balaban J connectivity index is 1.75. The largest absolute Gasteiger partial charge is 0.322 e. The molecule has 23 heavy (non-hydrogen) atoms. The molecule has 4 heteroatoms. The fraction of sp³-hybridized carbons (Fsp3) is 0.316. The molecule has 1 unspecified atom stereocenters. The lowest BCUT2D eigenvalue weighted by Crippen LogP contribution is -2.34. The van der Waals surface area contributed by atoms with Crippen molar-refractivity contribution in [2.75, 3.05) is 11.9 Å². The van der Waals surface area contributed by atoms with E-state index in [-0.39, 0.29) is 17.9 Å². The van der Waals surface area contributed by atoms with E-state index in [1.165, 1.54) is 17.7 Å². The Hall–Kier alpha value is -2.36. The van der Waals surface area contributed by atoms with E-state index in [9.17, 15) is 9.18 Å². The number of carbonyl (C=O) groups excluding carboxylic acids is 1. The number of amides is 2. The molecule has 2 aromatic carbocycles. The van der Waals surface area contributed by atoms with Crippen LogP contribution in [0.4, 0.5) is 14.9 Å². The van der Waals surface area contributed by atoms with Crippen LogP contribution in [0.5, 0.6) is 0 Å². The number of hydrogen-bond acceptors (Lipinski definition) is 1. The maximum atomic E-state index is 13.1. The number of hydrogen-bond donors (Lipinski definition) is 1. The highest BCUT2D eigenvalue weighted by atomic mass is 19.1. The van der Waals surface area contributed by atoms with E-state index >= 15 is 0 Å². The average Bonchev–Trinajstić information content (AvgIpc) is 3.01. The topological polar surface area (TPSA) is 32.3 Å². The Morgan fingerprint density at radius 2 is 1.87 bits per heavy atom. The third-order valence-electron chi connectivity index (χ3n) is 4.53. The predicted octanol–water partition coefficient (Wildman–Crippen LogP) is 4.81. The molecule has 1 fully saturated rings. The first-order valence-corrected chi connectivity index (χ1v) is 7.95. The minimum absolute atomic E-state index is 0.0159. The molecule has 0 saturated carbocycles. The van der Waals surface area contributed by atoms with Crippen LogP contribution in [-0.4, -0.2) is 17.5 Å². The zero-order valence-electron chi connectivity index (χ0n) is 13.5. The maximum Gasteiger partial charge on any atom is 0.322 e. The SMILES string of the molecule is Cc1ccc(NC(=O)N2CCCC2c2ccc(F)cc2)cc1C. The second kappa shape index (κ2) is 6.41. The maximum absolute atomic E-state index is 13.1. The third kappa shape index (κ3) is 3.36. The summed E-state index contributed by atoms with van der Waals surface area (Å²) >= 11 is 0. The molecule has 0 bridgehead atoms. The number of aryl methyl sites for hydroxylation is 2. The van der Waals surface area contributed by atoms with Gasteiger partial charge in [0.05, 0.1) is 6.04 Å². The molecular formula is C19H21FN2O. The summed E-state index contributed by atoms with van der Waals surface area (Å²) in [5.41, 5.74) is 4.15. The molecule has 1 N–H and O–H groups in total. The second-order valence-corrected chi connectivity index (χ2v) is 6.13. The van der Waals surface area contributed by atoms with Gasteiger partial charge in [0.1, 0.15) is 5.82 Å². The molecule has 1 aliphatic heterocycles. The number of halogens is 1. The highest BCUT2D eigenvalue weighted by molar-refractivity contribution is 5.90. The highest BCUT2D eigenvalue weighted by Crippen LogP contribution is 2.32. The summed E-state index contributed by atoms with van der Waals surface area (Å²) in [5.74, 6) is -0.252. The average molecular weight is 312 g/mol. The Morgan fingerprint density at radius 3 is 2.57 bits per heavy atom. The van der Waals surface area contributed by atoms with Gasteiger partial charge in [0.25, 0.3) is 0 Å². The number of nitrogens with one attached hydrogen (secondary N) is 1. The lowest BCUT2D eigenvalue weighted by molar-refractivity contribution is 0.207. The number of carbonyl (C=O) groups is 1. The van der Waals surface area contributed by atoms with E-state index in [0.717, 1.165) is 36.2 Å². The van der Waals surface area contributed by atoms with Crippen LogP contribution in [-0.2, 0) is 0 Å². The first-order valence-electron chi connectivity index (χ1n) is 7.95. The molecular weight excluding hydrogens is 291 g/mol. The summed E-state index contributed by atoms with van der Waals surface area (Å²) in [7, 11) is 0. The van der Waals surface area contributed by atoms with Crippen LogP contribution >= 0.6 is 0 Å². The summed E-state index contributed by atoms with van der Waals surface area (Å²) in [6.45, 7) is 4.80. The summed E-state index contributed by atoms with van der Waals surface area (Å²) in [6.07, 6.45) is 1.87. The van der Waals surface area contributed by atoms with Gasteiger partial charge in [-0.1, -0.05) is 18.2 Å². The molecule has 1 atom stereocenters. The number of nitrogens with zero attached hydrogens (tertiary/aromatic N) is 1. The molecule has 0 aromatic heterocycles. The van der Waals surface area contributed by atoms with Crippen molar-refractivity contribution in [1.82, 2.24) is 4.90 Å². The summed E-state index contributed by atoms with van der Waals surface area (Å²) in [6, 6.07) is 12.3. The van der Waals surface area contributed by atoms with Crippen molar-refractivity contribution in [2.45, 2.75) is 32.7 Å². The summed E-state index contributed by atoms with van der Waals surface area (Å²) in [4.78, 5) is 14.4. The fourth-order valence-corrected chi connectivity index (χ4v) is 3.06. The van der Waals surface area contributed by atoms with Gasteiger partial charge in [0.15, 0.2) is 0 Å². The fourth-order valence-electron chi connectivity index (χ4n) is 3.06. The Kier molecular flexibility index (Phi) is 4.33. The lowest BCUT2D eigenvalue weighted by Gasteiger charge is -2.25. The molecule has 2 aromatic rings. The molecule has 3 rings (SSSR count). The quantitative estimate of drug-likeness (QED) is 0.848. The van der Waals surface area contributed by atoms with Gasteiger partial charge in [-0.25, -0.2) is 9.18 Å². The van der Waals surface area contributed by atoms with Gasteiger partial charge in [-0.15, -0.1) is 0 Å². The van der Waals surface area contributed by atoms with Crippen molar-refractivity contribution < 1.29 is 9.18 Å². The molecule has 1 saturated heterocycles. The zero-order chi connectivity index (χ0) is 16.4. The van der Waals surface area contributed by atoms with Crippen LogP contribution in [0.2, 0.25) is 0 Å². The molecule has 1 heterocycles. The second-order valence-electron chi connectivity index (χ2n) is 6.13. The number of likely N-dealkylation sites (tertiary alicyclic amines) is 1. The normalized spacial score (nSPS) is 17.3. The number of urea groups is 1. The van der Waals surface area contributed by atoms with Crippen LogP contribution in [0, 0.1) is 19.7 Å². The molecule has 3 nitrogen and oxygen atoms in total. The standard InChI is InChI=1S/C19H21FN2O/c1-13-5-10-17(12-14(13)2)21-19(23)22-11-3-4-18(22)15-6-8-16(20)9-7-15/h5-10,12,18H,3-4,11H2,1-2H3,(H,21,23). The van der Waals surface area contributed by atoms with E-state index in [1.54, 1.807) is 12.1 Å². The van der Waals surface area contributed by atoms with Crippen LogP contribution in [0.3, 0.4) is 0 Å². The van der Waals surface area contributed by atoms with Crippen molar-refractivity contribution >= 4 is 11.7 Å². The minimum Gasteiger partial charge on any atom is -0.317 e. The summed E-state index contributed by atoms with van der Waals surface area (Å²) < 4.78 is 13.1. The van der Waals surface area contributed by atoms with Gasteiger partial charge in [-0.2, -0.15) is 0 Å². The van der Waals surface area contributed by atoms with Gasteiger partial charge in [-0.3, -0.25) is 0 Å². The molecule has 120 valence electrons. The minimum atomic E-state index is -0.252. The monoisotopic (exact) mass is 312 g/mol. The van der Waals surface area contributed by atoms with Crippen molar-refractivity contribution in [2.24, 2.45) is 0 Å². The van der Waals surface area contributed by atoms with Crippen LogP contribution in [0.25, 0.3) is 0 Å². The lowest BCUT2D eigenvalue weighted by atomic mass is 10.0. The Bertz CT molecular complexity index is 712. The van der Waals surface area contributed by atoms with E-state index in [4.69, 9.17) is 0 Å². The number of benzene rings is 2. The van der Waals surface area contributed by atoms with Gasteiger partial charge in [-0.05, 0) is 67.6 Å². The first-order chi connectivity index (χ1) is 11.0. The van der Waals surface area contributed by atoms with E-state index < -0.39 is 0 Å². The van der Waals surface area contributed by atoms with Crippen LogP contribution in [0.15, 0.2) is 42.5 Å². The number of anilines is 1. The van der Waals surface area contributed by atoms with Crippen LogP contribution < -0.4 is 5.32 Å². The zero-order valence-corrected chi connectivity index (χ0v) is 13.5. The van der Waals surface area contributed by atoms with Gasteiger partial charge in [0.2, 0.25) is 0 Å². The molecule has 0 spiro atoms. The smallest absolute Gasteiger partial charge is 0.317 e. The van der Waals surface area contributed by atoms with Gasteiger partial charge in [0, 0.05) is 12.2 Å². The van der Waals surface area contributed by atoms with Crippen molar-refractivity contribution in [1.29, 1.82) is 0 Å². The third-order valence-corrected chi connectivity index (χ3v) is 4.53. The first kappa shape index (κ1) is 15.5. The van der Waals surface area contributed by atoms with E-state index in [1.807, 2.05) is 36.9 Å². The van der Waals surface area contributed by atoms with Crippen molar-refractivity contribution in [3.05, 3.63) is 65.0 Å². The molecule has 0 radical (unpaired) electrons.